The van der Waals surface area contributed by atoms with Crippen molar-refractivity contribution in [3.63, 3.8) is 0 Å². The van der Waals surface area contributed by atoms with Gasteiger partial charge < -0.3 is 4.90 Å². The van der Waals surface area contributed by atoms with Crippen molar-refractivity contribution in [2.45, 2.75) is 26.7 Å². The number of piperidine rings is 1. The third kappa shape index (κ3) is 3.50. The van der Waals surface area contributed by atoms with E-state index in [2.05, 4.69) is 0 Å². The van der Waals surface area contributed by atoms with Crippen molar-refractivity contribution in [2.75, 3.05) is 31.3 Å². The number of nitrogens with zero attached hydrogens (tertiary/aromatic N) is 2. The minimum atomic E-state index is -3.23. The number of amides is 1. The second-order valence-corrected chi connectivity index (χ2v) is 8.06. The predicted molar refractivity (Wildman–Crippen MR) is 88.5 cm³/mol. The van der Waals surface area contributed by atoms with Gasteiger partial charge in [0.25, 0.3) is 0 Å². The van der Waals surface area contributed by atoms with Crippen LogP contribution < -0.4 is 4.90 Å². The summed E-state index contributed by atoms with van der Waals surface area (Å²) in [5, 5.41) is 0. The van der Waals surface area contributed by atoms with Crippen LogP contribution in [0.25, 0.3) is 0 Å². The Kier molecular flexibility index (Phi) is 4.92. The number of hydrogen-bond donors (Lipinski definition) is 0. The molecule has 1 aliphatic rings. The minimum absolute atomic E-state index is 0.0120. The van der Waals surface area contributed by atoms with Gasteiger partial charge in [-0.2, -0.15) is 0 Å². The zero-order valence-electron chi connectivity index (χ0n) is 13.7. The summed E-state index contributed by atoms with van der Waals surface area (Å²) in [6.45, 7) is 4.81. The van der Waals surface area contributed by atoms with Gasteiger partial charge in [0.15, 0.2) is 0 Å². The number of carbonyl (C=O) groups is 1. The highest BCUT2D eigenvalue weighted by atomic mass is 32.2. The van der Waals surface area contributed by atoms with Crippen LogP contribution in [0.1, 0.15) is 24.0 Å². The van der Waals surface area contributed by atoms with Crippen LogP contribution in [-0.4, -0.2) is 45.0 Å². The van der Waals surface area contributed by atoms with Crippen molar-refractivity contribution in [3.05, 3.63) is 29.3 Å². The lowest BCUT2D eigenvalue weighted by molar-refractivity contribution is -0.123. The quantitative estimate of drug-likeness (QED) is 0.854. The molecule has 0 spiro atoms. The molecule has 1 heterocycles. The van der Waals surface area contributed by atoms with Crippen LogP contribution in [0.5, 0.6) is 0 Å². The molecule has 1 aromatic carbocycles. The number of benzene rings is 1. The van der Waals surface area contributed by atoms with E-state index in [1.807, 2.05) is 32.0 Å². The molecule has 5 nitrogen and oxygen atoms in total. The molecule has 6 heteroatoms. The van der Waals surface area contributed by atoms with E-state index in [0.29, 0.717) is 6.54 Å². The summed E-state index contributed by atoms with van der Waals surface area (Å²) in [7, 11) is -1.47. The summed E-state index contributed by atoms with van der Waals surface area (Å²) in [6, 6.07) is 5.88. The van der Waals surface area contributed by atoms with E-state index in [1.54, 1.807) is 11.9 Å². The van der Waals surface area contributed by atoms with Gasteiger partial charge in [0.2, 0.25) is 15.9 Å². The van der Waals surface area contributed by atoms with Gasteiger partial charge in [-0.1, -0.05) is 12.1 Å². The molecule has 1 aliphatic heterocycles. The number of sulfonamides is 1. The number of rotatable bonds is 3. The summed E-state index contributed by atoms with van der Waals surface area (Å²) in [5.41, 5.74) is 3.11. The molecule has 1 amide bonds. The largest absolute Gasteiger partial charge is 0.315 e. The van der Waals surface area contributed by atoms with Crippen molar-refractivity contribution in [1.29, 1.82) is 0 Å². The fourth-order valence-corrected chi connectivity index (χ4v) is 3.85. The van der Waals surface area contributed by atoms with E-state index in [-0.39, 0.29) is 18.4 Å². The summed E-state index contributed by atoms with van der Waals surface area (Å²) >= 11 is 0. The molecule has 0 N–H and O–H groups in total. The predicted octanol–water partition coefficient (Wildman–Crippen LogP) is 1.94. The molecule has 0 aliphatic carbocycles. The van der Waals surface area contributed by atoms with Crippen molar-refractivity contribution in [2.24, 2.45) is 5.92 Å². The van der Waals surface area contributed by atoms with Gasteiger partial charge in [-0.15, -0.1) is 0 Å². The third-order valence-corrected chi connectivity index (χ3v) is 5.74. The summed E-state index contributed by atoms with van der Waals surface area (Å²) in [5.74, 6) is -0.282. The molecule has 1 saturated heterocycles. The Morgan fingerprint density at radius 3 is 2.64 bits per heavy atom. The van der Waals surface area contributed by atoms with Gasteiger partial charge in [-0.05, 0) is 43.9 Å². The Bertz CT molecular complexity index is 670. The van der Waals surface area contributed by atoms with Gasteiger partial charge in [-0.3, -0.25) is 4.79 Å². The Morgan fingerprint density at radius 2 is 2.00 bits per heavy atom. The highest BCUT2D eigenvalue weighted by molar-refractivity contribution is 7.88. The Balaban J connectivity index is 2.18. The van der Waals surface area contributed by atoms with Crippen LogP contribution in [0.2, 0.25) is 0 Å². The molecule has 0 radical (unpaired) electrons. The number of anilines is 1. The Hall–Kier alpha value is -1.40. The topological polar surface area (TPSA) is 57.7 Å². The summed E-state index contributed by atoms with van der Waals surface area (Å²) in [6.07, 6.45) is 2.67. The van der Waals surface area contributed by atoms with Gasteiger partial charge in [0, 0.05) is 25.8 Å². The zero-order valence-corrected chi connectivity index (χ0v) is 14.5. The van der Waals surface area contributed by atoms with Gasteiger partial charge in [0.1, 0.15) is 0 Å². The van der Waals surface area contributed by atoms with E-state index >= 15 is 0 Å². The maximum Gasteiger partial charge on any atom is 0.231 e. The number of hydrogen-bond acceptors (Lipinski definition) is 3. The fourth-order valence-electron chi connectivity index (χ4n) is 2.94. The molecule has 1 unspecified atom stereocenters. The standard InChI is InChI=1S/C16H24N2O3S/c1-12-7-5-9-15(13(12)2)17(3)16(19)14-8-6-10-18(11-14)22(4,20)21/h5,7,9,14H,6,8,10-11H2,1-4H3. The molecular formula is C16H24N2O3S. The van der Waals surface area contributed by atoms with E-state index in [4.69, 9.17) is 0 Å². The highest BCUT2D eigenvalue weighted by Gasteiger charge is 2.32. The van der Waals surface area contributed by atoms with E-state index < -0.39 is 10.0 Å². The first kappa shape index (κ1) is 17.0. The van der Waals surface area contributed by atoms with Gasteiger partial charge >= 0.3 is 0 Å². The van der Waals surface area contributed by atoms with Crippen molar-refractivity contribution < 1.29 is 13.2 Å². The SMILES string of the molecule is Cc1cccc(N(C)C(=O)C2CCCN(S(C)(=O)=O)C2)c1C. The van der Waals surface area contributed by atoms with Crippen LogP contribution >= 0.6 is 0 Å². The van der Waals surface area contributed by atoms with Crippen LogP contribution in [0.3, 0.4) is 0 Å². The Morgan fingerprint density at radius 1 is 1.32 bits per heavy atom. The van der Waals surface area contributed by atoms with Crippen LogP contribution in [0.4, 0.5) is 5.69 Å². The van der Waals surface area contributed by atoms with Crippen LogP contribution in [-0.2, 0) is 14.8 Å². The van der Waals surface area contributed by atoms with E-state index in [0.717, 1.165) is 29.7 Å². The number of aryl methyl sites for hydroxylation is 1. The number of carbonyl (C=O) groups excluding carboxylic acids is 1. The molecule has 1 atom stereocenters. The monoisotopic (exact) mass is 324 g/mol. The van der Waals surface area contributed by atoms with Gasteiger partial charge in [-0.25, -0.2) is 12.7 Å². The lowest BCUT2D eigenvalue weighted by Crippen LogP contribution is -2.45. The first-order valence-electron chi connectivity index (χ1n) is 7.50. The fraction of sp³-hybridized carbons (Fsp3) is 0.562. The smallest absolute Gasteiger partial charge is 0.231 e. The van der Waals surface area contributed by atoms with Crippen molar-refractivity contribution >= 4 is 21.6 Å². The summed E-state index contributed by atoms with van der Waals surface area (Å²) < 4.78 is 24.8. The maximum atomic E-state index is 12.7. The summed E-state index contributed by atoms with van der Waals surface area (Å²) in [4.78, 5) is 14.4. The first-order chi connectivity index (χ1) is 10.2. The molecule has 2 rings (SSSR count). The van der Waals surface area contributed by atoms with Crippen LogP contribution in [0, 0.1) is 19.8 Å². The maximum absolute atomic E-state index is 12.7. The van der Waals surface area contributed by atoms with E-state index in [1.165, 1.54) is 10.6 Å². The van der Waals surface area contributed by atoms with Crippen molar-refractivity contribution in [3.8, 4) is 0 Å². The Labute approximate surface area is 133 Å². The first-order valence-corrected chi connectivity index (χ1v) is 9.35. The lowest BCUT2D eigenvalue weighted by Gasteiger charge is -2.33. The normalized spacial score (nSPS) is 19.9. The van der Waals surface area contributed by atoms with E-state index in [9.17, 15) is 13.2 Å². The average Bonchev–Trinajstić information content (AvgIpc) is 2.48. The molecule has 1 aromatic rings. The average molecular weight is 324 g/mol. The molecule has 0 bridgehead atoms. The highest BCUT2D eigenvalue weighted by Crippen LogP contribution is 2.26. The molecule has 1 fully saturated rings. The zero-order chi connectivity index (χ0) is 16.5. The van der Waals surface area contributed by atoms with Crippen LogP contribution in [0.15, 0.2) is 18.2 Å². The molecule has 0 aromatic heterocycles. The minimum Gasteiger partial charge on any atom is -0.315 e. The second-order valence-electron chi connectivity index (χ2n) is 6.08. The van der Waals surface area contributed by atoms with Crippen molar-refractivity contribution in [1.82, 2.24) is 4.31 Å². The molecule has 0 saturated carbocycles. The third-order valence-electron chi connectivity index (χ3n) is 4.47. The molecular weight excluding hydrogens is 300 g/mol. The van der Waals surface area contributed by atoms with Gasteiger partial charge in [0.05, 0.1) is 12.2 Å². The lowest BCUT2D eigenvalue weighted by atomic mass is 9.97. The molecule has 122 valence electrons. The molecule has 22 heavy (non-hydrogen) atoms. The second kappa shape index (κ2) is 6.38.